The summed E-state index contributed by atoms with van der Waals surface area (Å²) in [5, 5.41) is 17.8. The highest BCUT2D eigenvalue weighted by Crippen LogP contribution is 2.26. The Morgan fingerprint density at radius 1 is 1.47 bits per heavy atom. The second-order valence-corrected chi connectivity index (χ2v) is 6.91. The van der Waals surface area contributed by atoms with Gasteiger partial charge in [0.05, 0.1) is 17.6 Å². The monoisotopic (exact) mass is 295 g/mol. The summed E-state index contributed by atoms with van der Waals surface area (Å²) in [5.74, 6) is 2.58. The fourth-order valence-electron chi connectivity index (χ4n) is 2.07. The van der Waals surface area contributed by atoms with Gasteiger partial charge in [0.15, 0.2) is 0 Å². The van der Waals surface area contributed by atoms with Gasteiger partial charge in [0.1, 0.15) is 5.52 Å². The van der Waals surface area contributed by atoms with Crippen LogP contribution in [0.1, 0.15) is 10.4 Å². The minimum Gasteiger partial charge on any atom is -0.478 e. The molecular weight excluding hydrogens is 282 g/mol. The molecule has 0 amide bonds. The smallest absolute Gasteiger partial charge is 0.335 e. The van der Waals surface area contributed by atoms with Crippen molar-refractivity contribution in [3.05, 3.63) is 23.8 Å². The van der Waals surface area contributed by atoms with Crippen LogP contribution in [0.4, 0.5) is 0 Å². The van der Waals surface area contributed by atoms with Crippen LogP contribution < -0.4 is 0 Å². The molecule has 0 aliphatic carbocycles. The summed E-state index contributed by atoms with van der Waals surface area (Å²) in [4.78, 5) is 11.0. The largest absolute Gasteiger partial charge is 0.478 e. The summed E-state index contributed by atoms with van der Waals surface area (Å²) in [6.07, 6.45) is 0. The molecule has 1 aliphatic rings. The number of carboxylic acid groups (broad SMARTS) is 1. The molecule has 0 radical (unpaired) electrons. The highest BCUT2D eigenvalue weighted by atomic mass is 32.2. The average molecular weight is 295 g/mol. The number of benzene rings is 1. The quantitative estimate of drug-likeness (QED) is 0.934. The second kappa shape index (κ2) is 5.42. The van der Waals surface area contributed by atoms with Gasteiger partial charge >= 0.3 is 5.97 Å². The molecule has 7 heteroatoms. The van der Waals surface area contributed by atoms with E-state index in [0.717, 1.165) is 23.3 Å². The standard InChI is InChI=1S/C12H13N3O2S2/c16-12(17)8-1-2-10-11(5-8)15(14-13-10)6-9-7-18-3-4-19-9/h1-2,5,9H,3-4,6-7H2,(H,16,17). The molecule has 2 heterocycles. The predicted octanol–water partition coefficient (Wildman–Crippen LogP) is 1.98. The molecule has 1 aromatic heterocycles. The lowest BCUT2D eigenvalue weighted by Gasteiger charge is -2.20. The molecule has 5 nitrogen and oxygen atoms in total. The predicted molar refractivity (Wildman–Crippen MR) is 78.1 cm³/mol. The Balaban J connectivity index is 1.89. The maximum atomic E-state index is 11.0. The zero-order valence-corrected chi connectivity index (χ0v) is 11.8. The number of carboxylic acids is 1. The topological polar surface area (TPSA) is 68.0 Å². The molecule has 0 saturated carbocycles. The Labute approximate surface area is 118 Å². The third-order valence-electron chi connectivity index (χ3n) is 3.02. The molecule has 1 atom stereocenters. The zero-order chi connectivity index (χ0) is 13.2. The van der Waals surface area contributed by atoms with Crippen LogP contribution in [0, 0.1) is 0 Å². The first-order valence-corrected chi connectivity index (χ1v) is 8.20. The summed E-state index contributed by atoms with van der Waals surface area (Å²) in [5.41, 5.74) is 1.83. The maximum Gasteiger partial charge on any atom is 0.335 e. The molecule has 2 aromatic rings. The van der Waals surface area contributed by atoms with Crippen molar-refractivity contribution in [3.8, 4) is 0 Å². The van der Waals surface area contributed by atoms with Gasteiger partial charge in [-0.1, -0.05) is 5.21 Å². The number of aromatic carboxylic acids is 1. The van der Waals surface area contributed by atoms with Gasteiger partial charge in [0.2, 0.25) is 0 Å². The maximum absolute atomic E-state index is 11.0. The normalized spacial score (nSPS) is 19.7. The number of aromatic nitrogens is 3. The number of hydrogen-bond donors (Lipinski definition) is 1. The van der Waals surface area contributed by atoms with Crippen molar-refractivity contribution in [2.75, 3.05) is 17.3 Å². The molecule has 100 valence electrons. The lowest BCUT2D eigenvalue weighted by atomic mass is 10.2. The van der Waals surface area contributed by atoms with E-state index in [1.807, 2.05) is 28.2 Å². The number of carbonyl (C=O) groups is 1. The Morgan fingerprint density at radius 2 is 2.37 bits per heavy atom. The second-order valence-electron chi connectivity index (χ2n) is 4.35. The molecule has 1 N–H and O–H groups in total. The Kier molecular flexibility index (Phi) is 3.65. The lowest BCUT2D eigenvalue weighted by Crippen LogP contribution is -2.21. The number of hydrogen-bond acceptors (Lipinski definition) is 5. The van der Waals surface area contributed by atoms with Gasteiger partial charge < -0.3 is 5.11 Å². The van der Waals surface area contributed by atoms with Crippen LogP contribution in [0.15, 0.2) is 18.2 Å². The van der Waals surface area contributed by atoms with Crippen LogP contribution in [-0.4, -0.2) is 48.6 Å². The van der Waals surface area contributed by atoms with E-state index in [2.05, 4.69) is 10.3 Å². The van der Waals surface area contributed by atoms with Gasteiger partial charge in [-0.05, 0) is 18.2 Å². The summed E-state index contributed by atoms with van der Waals surface area (Å²) >= 11 is 3.92. The summed E-state index contributed by atoms with van der Waals surface area (Å²) in [7, 11) is 0. The van der Waals surface area contributed by atoms with Crippen molar-refractivity contribution in [3.63, 3.8) is 0 Å². The van der Waals surface area contributed by atoms with Crippen molar-refractivity contribution in [2.24, 2.45) is 0 Å². The minimum atomic E-state index is -0.919. The van der Waals surface area contributed by atoms with E-state index in [-0.39, 0.29) is 5.56 Å². The molecule has 1 fully saturated rings. The molecule has 1 unspecified atom stereocenters. The Hall–Kier alpha value is -1.21. The number of thioether (sulfide) groups is 2. The van der Waals surface area contributed by atoms with E-state index >= 15 is 0 Å². The highest BCUT2D eigenvalue weighted by Gasteiger charge is 2.17. The van der Waals surface area contributed by atoms with E-state index in [9.17, 15) is 4.79 Å². The SMILES string of the molecule is O=C(O)c1ccc2nnn(CC3CSCCS3)c2c1. The first-order valence-electron chi connectivity index (χ1n) is 6.00. The van der Waals surface area contributed by atoms with Crippen LogP contribution >= 0.6 is 23.5 Å². The molecular formula is C12H13N3O2S2. The Morgan fingerprint density at radius 3 is 3.11 bits per heavy atom. The van der Waals surface area contributed by atoms with E-state index in [4.69, 9.17) is 5.11 Å². The van der Waals surface area contributed by atoms with E-state index < -0.39 is 5.97 Å². The van der Waals surface area contributed by atoms with Crippen molar-refractivity contribution in [1.29, 1.82) is 0 Å². The number of nitrogens with zero attached hydrogens (tertiary/aromatic N) is 3. The summed E-state index contributed by atoms with van der Waals surface area (Å²) in [6, 6.07) is 4.93. The van der Waals surface area contributed by atoms with Crippen molar-refractivity contribution in [1.82, 2.24) is 15.0 Å². The van der Waals surface area contributed by atoms with Gasteiger partial charge in [0, 0.05) is 22.5 Å². The van der Waals surface area contributed by atoms with E-state index in [1.54, 1.807) is 18.2 Å². The van der Waals surface area contributed by atoms with Crippen molar-refractivity contribution in [2.45, 2.75) is 11.8 Å². The van der Waals surface area contributed by atoms with Crippen LogP contribution in [0.3, 0.4) is 0 Å². The molecule has 1 aliphatic heterocycles. The molecule has 0 bridgehead atoms. The van der Waals surface area contributed by atoms with Gasteiger partial charge in [0.25, 0.3) is 0 Å². The van der Waals surface area contributed by atoms with Gasteiger partial charge in [-0.25, -0.2) is 9.48 Å². The molecule has 1 aromatic carbocycles. The zero-order valence-electron chi connectivity index (χ0n) is 10.2. The highest BCUT2D eigenvalue weighted by molar-refractivity contribution is 8.06. The van der Waals surface area contributed by atoms with Crippen LogP contribution in [0.25, 0.3) is 11.0 Å². The fraction of sp³-hybridized carbons (Fsp3) is 0.417. The lowest BCUT2D eigenvalue weighted by molar-refractivity contribution is 0.0697. The molecule has 3 rings (SSSR count). The van der Waals surface area contributed by atoms with Gasteiger partial charge in [-0.3, -0.25) is 0 Å². The minimum absolute atomic E-state index is 0.279. The fourth-order valence-corrected chi connectivity index (χ4v) is 4.71. The number of fused-ring (bicyclic) bond motifs is 1. The first-order chi connectivity index (χ1) is 9.24. The number of rotatable bonds is 3. The molecule has 19 heavy (non-hydrogen) atoms. The average Bonchev–Trinajstić information content (AvgIpc) is 2.82. The van der Waals surface area contributed by atoms with Crippen LogP contribution in [-0.2, 0) is 6.54 Å². The third kappa shape index (κ3) is 2.71. The third-order valence-corrected chi connectivity index (χ3v) is 5.85. The van der Waals surface area contributed by atoms with Crippen LogP contribution in [0.2, 0.25) is 0 Å². The first kappa shape index (κ1) is 12.8. The summed E-state index contributed by atoms with van der Waals surface area (Å²) in [6.45, 7) is 0.789. The molecule has 0 spiro atoms. The molecule has 1 saturated heterocycles. The van der Waals surface area contributed by atoms with Gasteiger partial charge in [-0.2, -0.15) is 23.5 Å². The van der Waals surface area contributed by atoms with E-state index in [1.165, 1.54) is 11.5 Å². The summed E-state index contributed by atoms with van der Waals surface area (Å²) < 4.78 is 1.82. The Bertz CT molecular complexity index is 608. The van der Waals surface area contributed by atoms with Crippen molar-refractivity contribution >= 4 is 40.5 Å². The van der Waals surface area contributed by atoms with Crippen molar-refractivity contribution < 1.29 is 9.90 Å². The van der Waals surface area contributed by atoms with E-state index in [0.29, 0.717) is 5.25 Å². The van der Waals surface area contributed by atoms with Crippen LogP contribution in [0.5, 0.6) is 0 Å². The van der Waals surface area contributed by atoms with Gasteiger partial charge in [-0.15, -0.1) is 5.10 Å².